The lowest BCUT2D eigenvalue weighted by atomic mass is 10.3. The fraction of sp³-hybridized carbons (Fsp3) is 0.0625. The van der Waals surface area contributed by atoms with E-state index in [-0.39, 0.29) is 17.6 Å². The van der Waals surface area contributed by atoms with Crippen LogP contribution < -0.4 is 15.4 Å². The number of hydrogen-bond acceptors (Lipinski definition) is 5. The van der Waals surface area contributed by atoms with Gasteiger partial charge in [-0.15, -0.1) is 0 Å². The maximum Gasteiger partial charge on any atom is 0.264 e. The summed E-state index contributed by atoms with van der Waals surface area (Å²) in [6, 6.07) is 12.1. The highest BCUT2D eigenvalue weighted by Crippen LogP contribution is 2.28. The van der Waals surface area contributed by atoms with E-state index in [0.717, 1.165) is 10.2 Å². The molecule has 0 spiro atoms. The first-order valence-corrected chi connectivity index (χ1v) is 9.03. The van der Waals surface area contributed by atoms with Crippen molar-refractivity contribution in [3.63, 3.8) is 0 Å². The summed E-state index contributed by atoms with van der Waals surface area (Å²) in [7, 11) is 0. The van der Waals surface area contributed by atoms with E-state index in [1.807, 2.05) is 12.1 Å². The van der Waals surface area contributed by atoms with E-state index in [1.165, 1.54) is 11.3 Å². The molecule has 5 nitrogen and oxygen atoms in total. The number of benzene rings is 2. The molecular formula is C16H11Cl2N3O2S2. The highest BCUT2D eigenvalue weighted by molar-refractivity contribution is 7.80. The van der Waals surface area contributed by atoms with Gasteiger partial charge < -0.3 is 10.1 Å². The third kappa shape index (κ3) is 5.02. The monoisotopic (exact) mass is 411 g/mol. The number of nitrogens with one attached hydrogen (secondary N) is 2. The predicted octanol–water partition coefficient (Wildman–Crippen LogP) is 4.50. The molecule has 2 N–H and O–H groups in total. The highest BCUT2D eigenvalue weighted by atomic mass is 35.5. The van der Waals surface area contributed by atoms with Crippen LogP contribution in [0.2, 0.25) is 10.0 Å². The van der Waals surface area contributed by atoms with Crippen molar-refractivity contribution in [3.05, 3.63) is 52.5 Å². The van der Waals surface area contributed by atoms with Crippen molar-refractivity contribution in [3.8, 4) is 5.75 Å². The van der Waals surface area contributed by atoms with Gasteiger partial charge >= 0.3 is 0 Å². The van der Waals surface area contributed by atoms with Crippen LogP contribution in [0.1, 0.15) is 0 Å². The Hall–Kier alpha value is -1.93. The zero-order valence-corrected chi connectivity index (χ0v) is 15.7. The number of carbonyl (C=O) groups is 1. The number of thiazole rings is 1. The van der Waals surface area contributed by atoms with Crippen molar-refractivity contribution in [1.82, 2.24) is 10.3 Å². The summed E-state index contributed by atoms with van der Waals surface area (Å²) in [4.78, 5) is 16.2. The first-order valence-electron chi connectivity index (χ1n) is 7.05. The zero-order chi connectivity index (χ0) is 17.8. The molecule has 0 aliphatic rings. The molecule has 1 heterocycles. The van der Waals surface area contributed by atoms with Crippen molar-refractivity contribution in [1.29, 1.82) is 0 Å². The normalized spacial score (nSPS) is 10.5. The molecule has 1 aromatic heterocycles. The Balaban J connectivity index is 1.52. The van der Waals surface area contributed by atoms with Gasteiger partial charge in [0.1, 0.15) is 5.75 Å². The number of ether oxygens (including phenoxy) is 1. The van der Waals surface area contributed by atoms with E-state index >= 15 is 0 Å². The van der Waals surface area contributed by atoms with Crippen LogP contribution in [0.4, 0.5) is 5.13 Å². The number of nitrogens with zero attached hydrogens (tertiary/aromatic N) is 1. The highest BCUT2D eigenvalue weighted by Gasteiger charge is 2.09. The lowest BCUT2D eigenvalue weighted by molar-refractivity contribution is -0.121. The van der Waals surface area contributed by atoms with Gasteiger partial charge in [-0.1, -0.05) is 34.5 Å². The lowest BCUT2D eigenvalue weighted by Crippen LogP contribution is -2.37. The standard InChI is InChI=1S/C16H11Cl2N3O2S2/c17-9-1-4-11(5-2-9)23-8-14(22)20-15(24)21-16-19-12-6-3-10(18)7-13(12)25-16/h1-7H,8H2,(H2,19,20,21,22,24). The summed E-state index contributed by atoms with van der Waals surface area (Å²) >= 11 is 18.2. The van der Waals surface area contributed by atoms with Gasteiger partial charge in [0.15, 0.2) is 16.9 Å². The molecule has 0 unspecified atom stereocenters. The van der Waals surface area contributed by atoms with E-state index in [9.17, 15) is 4.79 Å². The molecule has 128 valence electrons. The van der Waals surface area contributed by atoms with Crippen molar-refractivity contribution < 1.29 is 9.53 Å². The van der Waals surface area contributed by atoms with Gasteiger partial charge in [0.25, 0.3) is 5.91 Å². The summed E-state index contributed by atoms with van der Waals surface area (Å²) < 4.78 is 6.28. The fourth-order valence-corrected chi connectivity index (χ4v) is 3.47. The molecule has 1 amide bonds. The molecule has 9 heteroatoms. The summed E-state index contributed by atoms with van der Waals surface area (Å²) in [6.45, 7) is -0.168. The maximum atomic E-state index is 11.9. The van der Waals surface area contributed by atoms with E-state index in [0.29, 0.717) is 20.9 Å². The van der Waals surface area contributed by atoms with Crippen LogP contribution >= 0.6 is 46.8 Å². The molecule has 0 bridgehead atoms. The van der Waals surface area contributed by atoms with Crippen molar-refractivity contribution >= 4 is 73.1 Å². The van der Waals surface area contributed by atoms with Crippen LogP contribution in [0.15, 0.2) is 42.5 Å². The first-order chi connectivity index (χ1) is 12.0. The van der Waals surface area contributed by atoms with Gasteiger partial charge in [0.2, 0.25) is 0 Å². The number of amides is 1. The van der Waals surface area contributed by atoms with Crippen molar-refractivity contribution in [2.24, 2.45) is 0 Å². The van der Waals surface area contributed by atoms with Crippen molar-refractivity contribution in [2.75, 3.05) is 11.9 Å². The third-order valence-corrected chi connectivity index (χ3v) is 4.63. The van der Waals surface area contributed by atoms with Crippen LogP contribution in [0.3, 0.4) is 0 Å². The van der Waals surface area contributed by atoms with Crippen molar-refractivity contribution in [2.45, 2.75) is 0 Å². The average Bonchev–Trinajstić information content (AvgIpc) is 2.95. The van der Waals surface area contributed by atoms with Gasteiger partial charge in [-0.3, -0.25) is 10.1 Å². The maximum absolute atomic E-state index is 11.9. The summed E-state index contributed by atoms with van der Waals surface area (Å²) in [5, 5.41) is 7.37. The average molecular weight is 412 g/mol. The summed E-state index contributed by atoms with van der Waals surface area (Å²) in [5.41, 5.74) is 0.803. The van der Waals surface area contributed by atoms with Crippen LogP contribution in [0.25, 0.3) is 10.2 Å². The van der Waals surface area contributed by atoms with Crippen LogP contribution in [-0.4, -0.2) is 22.6 Å². The molecular weight excluding hydrogens is 401 g/mol. The molecule has 0 aliphatic heterocycles. The Morgan fingerprint density at radius 1 is 1.16 bits per heavy atom. The Labute approximate surface area is 162 Å². The number of carbonyl (C=O) groups excluding carboxylic acids is 1. The summed E-state index contributed by atoms with van der Waals surface area (Å²) in [6.07, 6.45) is 0. The SMILES string of the molecule is O=C(COc1ccc(Cl)cc1)NC(=S)Nc1nc2ccc(Cl)cc2s1. The van der Waals surface area contributed by atoms with E-state index in [2.05, 4.69) is 15.6 Å². The van der Waals surface area contributed by atoms with Gasteiger partial charge in [0.05, 0.1) is 10.2 Å². The molecule has 3 rings (SSSR count). The van der Waals surface area contributed by atoms with Gasteiger partial charge in [0, 0.05) is 10.0 Å². The molecule has 0 aliphatic carbocycles. The minimum atomic E-state index is -0.378. The fourth-order valence-electron chi connectivity index (χ4n) is 1.92. The number of halogens is 2. The van der Waals surface area contributed by atoms with E-state index < -0.39 is 0 Å². The molecule has 0 saturated heterocycles. The van der Waals surface area contributed by atoms with Gasteiger partial charge in [-0.05, 0) is 54.7 Å². The Morgan fingerprint density at radius 2 is 1.88 bits per heavy atom. The molecule has 3 aromatic rings. The second-order valence-electron chi connectivity index (χ2n) is 4.88. The van der Waals surface area contributed by atoms with E-state index in [4.69, 9.17) is 40.2 Å². The predicted molar refractivity (Wildman–Crippen MR) is 106 cm³/mol. The third-order valence-electron chi connectivity index (χ3n) is 3.01. The molecule has 0 atom stereocenters. The molecule has 25 heavy (non-hydrogen) atoms. The lowest BCUT2D eigenvalue weighted by Gasteiger charge is -2.08. The number of hydrogen-bond donors (Lipinski definition) is 2. The number of fused-ring (bicyclic) bond motifs is 1. The second-order valence-corrected chi connectivity index (χ2v) is 7.19. The minimum absolute atomic E-state index is 0.148. The topological polar surface area (TPSA) is 63.2 Å². The van der Waals surface area contributed by atoms with Gasteiger partial charge in [-0.25, -0.2) is 4.98 Å². The van der Waals surface area contributed by atoms with Crippen LogP contribution in [-0.2, 0) is 4.79 Å². The quantitative estimate of drug-likeness (QED) is 0.618. The summed E-state index contributed by atoms with van der Waals surface area (Å²) in [5.74, 6) is 0.165. The second kappa shape index (κ2) is 7.97. The first kappa shape index (κ1) is 17.9. The van der Waals surface area contributed by atoms with E-state index in [1.54, 1.807) is 30.3 Å². The number of rotatable bonds is 4. The van der Waals surface area contributed by atoms with Crippen LogP contribution in [0, 0.1) is 0 Å². The smallest absolute Gasteiger partial charge is 0.264 e. The molecule has 0 radical (unpaired) electrons. The minimum Gasteiger partial charge on any atom is -0.484 e. The Morgan fingerprint density at radius 3 is 2.64 bits per heavy atom. The molecule has 0 fully saturated rings. The number of thiocarbonyl (C=S) groups is 1. The van der Waals surface area contributed by atoms with Gasteiger partial charge in [-0.2, -0.15) is 0 Å². The molecule has 2 aromatic carbocycles. The van der Waals surface area contributed by atoms with Crippen LogP contribution in [0.5, 0.6) is 5.75 Å². The number of aromatic nitrogens is 1. The largest absolute Gasteiger partial charge is 0.484 e. The molecule has 0 saturated carbocycles. The number of anilines is 1. The zero-order valence-electron chi connectivity index (χ0n) is 12.6. The Bertz CT molecular complexity index is 929. The Kier molecular flexibility index (Phi) is 5.70.